The van der Waals surface area contributed by atoms with Crippen LogP contribution in [0, 0.1) is 0 Å². The van der Waals surface area contributed by atoms with E-state index >= 15 is 0 Å². The van der Waals surface area contributed by atoms with Gasteiger partial charge in [0, 0.05) is 30.2 Å². The third-order valence-electron chi connectivity index (χ3n) is 3.44. The van der Waals surface area contributed by atoms with E-state index in [1.807, 2.05) is 5.38 Å². The normalized spacial score (nSPS) is 14.7. The fourth-order valence-electron chi connectivity index (χ4n) is 2.17. The summed E-state index contributed by atoms with van der Waals surface area (Å²) >= 11 is 1.34. The molecule has 1 atom stereocenters. The van der Waals surface area contributed by atoms with Crippen molar-refractivity contribution in [2.24, 2.45) is 7.05 Å². The molecule has 0 bridgehead atoms. The Morgan fingerprint density at radius 1 is 1.48 bits per heavy atom. The van der Waals surface area contributed by atoms with Crippen LogP contribution in [0.1, 0.15) is 10.4 Å². The zero-order valence-corrected chi connectivity index (χ0v) is 13.8. The van der Waals surface area contributed by atoms with Crippen LogP contribution in [0.15, 0.2) is 57.8 Å². The molecule has 23 heavy (non-hydrogen) atoms. The lowest BCUT2D eigenvalue weighted by atomic mass is 9.95. The van der Waals surface area contributed by atoms with Gasteiger partial charge in [-0.3, -0.25) is 4.68 Å². The molecule has 0 fully saturated rings. The van der Waals surface area contributed by atoms with Crippen LogP contribution in [0.5, 0.6) is 0 Å². The van der Waals surface area contributed by atoms with Gasteiger partial charge < -0.3 is 9.52 Å². The highest BCUT2D eigenvalue weighted by Crippen LogP contribution is 2.33. The van der Waals surface area contributed by atoms with Crippen LogP contribution in [0.25, 0.3) is 0 Å². The first-order valence-electron chi connectivity index (χ1n) is 6.69. The van der Waals surface area contributed by atoms with Crippen LogP contribution in [0.3, 0.4) is 0 Å². The fraction of sp³-hybridized carbons (Fsp3) is 0.214. The summed E-state index contributed by atoms with van der Waals surface area (Å²) in [6.45, 7) is -0.218. The first-order chi connectivity index (χ1) is 10.9. The second kappa shape index (κ2) is 5.93. The Bertz CT molecular complexity index is 833. The van der Waals surface area contributed by atoms with Gasteiger partial charge in [0.2, 0.25) is 10.0 Å². The number of rotatable bonds is 6. The predicted molar refractivity (Wildman–Crippen MR) is 84.4 cm³/mol. The number of aromatic nitrogens is 2. The summed E-state index contributed by atoms with van der Waals surface area (Å²) in [5.74, 6) is 0. The Kier molecular flexibility index (Phi) is 4.11. The minimum atomic E-state index is -3.77. The molecule has 2 N–H and O–H groups in total. The van der Waals surface area contributed by atoms with E-state index in [0.717, 1.165) is 0 Å². The highest BCUT2D eigenvalue weighted by Gasteiger charge is 2.35. The summed E-state index contributed by atoms with van der Waals surface area (Å²) in [7, 11) is -2.14. The first-order valence-corrected chi connectivity index (χ1v) is 9.05. The lowest BCUT2D eigenvalue weighted by Gasteiger charge is -2.26. The minimum Gasteiger partial charge on any atom is -0.472 e. The molecule has 3 rings (SSSR count). The summed E-state index contributed by atoms with van der Waals surface area (Å²) in [6.07, 6.45) is 5.48. The number of aryl methyl sites for hydroxylation is 1. The third kappa shape index (κ3) is 3.08. The Morgan fingerprint density at radius 3 is 2.87 bits per heavy atom. The molecular formula is C14H15N3O4S2. The van der Waals surface area contributed by atoms with Gasteiger partial charge in [-0.25, -0.2) is 13.1 Å². The standard InChI is InChI=1S/C14H15N3O4S2/c1-17-8-12(7-15-17)23(19,20)16-10-14(18,11-4-5-21-9-11)13-3-2-6-22-13/h2-9,16,18H,10H2,1H3. The van der Waals surface area contributed by atoms with E-state index in [1.165, 1.54) is 40.9 Å². The van der Waals surface area contributed by atoms with Gasteiger partial charge in [-0.05, 0) is 17.5 Å². The number of furan rings is 1. The largest absolute Gasteiger partial charge is 0.472 e. The van der Waals surface area contributed by atoms with Gasteiger partial charge in [0.25, 0.3) is 0 Å². The third-order valence-corrected chi connectivity index (χ3v) is 5.81. The summed E-state index contributed by atoms with van der Waals surface area (Å²) in [4.78, 5) is 0.661. The zero-order valence-electron chi connectivity index (χ0n) is 12.2. The van der Waals surface area contributed by atoms with E-state index in [1.54, 1.807) is 25.2 Å². The molecule has 0 aliphatic rings. The van der Waals surface area contributed by atoms with Crippen LogP contribution in [0.2, 0.25) is 0 Å². The Balaban J connectivity index is 1.89. The van der Waals surface area contributed by atoms with Crippen molar-refractivity contribution in [3.8, 4) is 0 Å². The molecule has 0 radical (unpaired) electrons. The second-order valence-electron chi connectivity index (χ2n) is 5.02. The number of sulfonamides is 1. The molecule has 0 spiro atoms. The van der Waals surface area contributed by atoms with Crippen LogP contribution in [-0.2, 0) is 22.7 Å². The lowest BCUT2D eigenvalue weighted by Crippen LogP contribution is -2.40. The number of aliphatic hydroxyl groups is 1. The molecule has 0 amide bonds. The number of hydrogen-bond donors (Lipinski definition) is 2. The summed E-state index contributed by atoms with van der Waals surface area (Å²) in [5, 5.41) is 16.7. The van der Waals surface area contributed by atoms with E-state index in [2.05, 4.69) is 9.82 Å². The van der Waals surface area contributed by atoms with E-state index in [9.17, 15) is 13.5 Å². The minimum absolute atomic E-state index is 0.0423. The van der Waals surface area contributed by atoms with Crippen molar-refractivity contribution < 1.29 is 17.9 Å². The highest BCUT2D eigenvalue weighted by molar-refractivity contribution is 7.89. The van der Waals surface area contributed by atoms with Crippen molar-refractivity contribution in [1.29, 1.82) is 0 Å². The van der Waals surface area contributed by atoms with E-state index < -0.39 is 15.6 Å². The van der Waals surface area contributed by atoms with Gasteiger partial charge in [0.15, 0.2) is 0 Å². The SMILES string of the molecule is Cn1cc(S(=O)(=O)NCC(O)(c2ccoc2)c2cccs2)cn1. The lowest BCUT2D eigenvalue weighted by molar-refractivity contribution is 0.0892. The fourth-order valence-corrected chi connectivity index (χ4v) is 4.05. The van der Waals surface area contributed by atoms with Crippen molar-refractivity contribution in [3.63, 3.8) is 0 Å². The van der Waals surface area contributed by atoms with Gasteiger partial charge in [-0.1, -0.05) is 6.07 Å². The molecule has 7 nitrogen and oxygen atoms in total. The predicted octanol–water partition coefficient (Wildman–Crippen LogP) is 1.29. The van der Waals surface area contributed by atoms with Crippen molar-refractivity contribution in [3.05, 3.63) is 58.9 Å². The van der Waals surface area contributed by atoms with Gasteiger partial charge in [-0.15, -0.1) is 11.3 Å². The molecule has 1 unspecified atom stereocenters. The Labute approximate surface area is 137 Å². The van der Waals surface area contributed by atoms with Crippen molar-refractivity contribution in [2.45, 2.75) is 10.5 Å². The van der Waals surface area contributed by atoms with Crippen LogP contribution in [-0.4, -0.2) is 29.8 Å². The highest BCUT2D eigenvalue weighted by atomic mass is 32.2. The van der Waals surface area contributed by atoms with E-state index in [-0.39, 0.29) is 11.4 Å². The average molecular weight is 353 g/mol. The molecule has 0 aliphatic heterocycles. The quantitative estimate of drug-likeness (QED) is 0.696. The van der Waals surface area contributed by atoms with E-state index in [4.69, 9.17) is 4.42 Å². The molecule has 0 saturated heterocycles. The first kappa shape index (κ1) is 15.9. The zero-order chi connectivity index (χ0) is 16.5. The van der Waals surface area contributed by atoms with Gasteiger partial charge >= 0.3 is 0 Å². The van der Waals surface area contributed by atoms with Gasteiger partial charge in [0.1, 0.15) is 10.5 Å². The molecule has 122 valence electrons. The number of nitrogens with zero attached hydrogens (tertiary/aromatic N) is 2. The molecule has 0 aliphatic carbocycles. The summed E-state index contributed by atoms with van der Waals surface area (Å²) in [5.41, 5.74) is -1.02. The smallest absolute Gasteiger partial charge is 0.243 e. The molecule has 0 saturated carbocycles. The van der Waals surface area contributed by atoms with Crippen LogP contribution >= 0.6 is 11.3 Å². The molecule has 3 aromatic heterocycles. The Morgan fingerprint density at radius 2 is 2.30 bits per heavy atom. The molecule has 9 heteroatoms. The number of thiophene rings is 1. The number of nitrogens with one attached hydrogen (secondary N) is 1. The maximum absolute atomic E-state index is 12.3. The van der Waals surface area contributed by atoms with Crippen molar-refractivity contribution in [2.75, 3.05) is 6.54 Å². The molecule has 3 heterocycles. The van der Waals surface area contributed by atoms with Crippen molar-refractivity contribution >= 4 is 21.4 Å². The van der Waals surface area contributed by atoms with Crippen LogP contribution in [0.4, 0.5) is 0 Å². The maximum atomic E-state index is 12.3. The van der Waals surface area contributed by atoms with Gasteiger partial charge in [0.05, 0.1) is 18.7 Å². The monoisotopic (exact) mass is 353 g/mol. The average Bonchev–Trinajstić information content (AvgIpc) is 3.25. The van der Waals surface area contributed by atoms with Crippen molar-refractivity contribution in [1.82, 2.24) is 14.5 Å². The summed E-state index contributed by atoms with van der Waals surface area (Å²) < 4.78 is 33.5. The molecular weight excluding hydrogens is 338 g/mol. The Hall–Kier alpha value is -1.94. The van der Waals surface area contributed by atoms with Crippen LogP contribution < -0.4 is 4.72 Å². The number of hydrogen-bond acceptors (Lipinski definition) is 6. The van der Waals surface area contributed by atoms with Gasteiger partial charge in [-0.2, -0.15) is 5.10 Å². The topological polar surface area (TPSA) is 97.4 Å². The second-order valence-corrected chi connectivity index (χ2v) is 7.74. The summed E-state index contributed by atoms with van der Waals surface area (Å²) in [6, 6.07) is 5.15. The molecule has 3 aromatic rings. The maximum Gasteiger partial charge on any atom is 0.243 e. The van der Waals surface area contributed by atoms with E-state index in [0.29, 0.717) is 10.4 Å². The molecule has 0 aromatic carbocycles.